The zero-order chi connectivity index (χ0) is 19.7. The summed E-state index contributed by atoms with van der Waals surface area (Å²) >= 11 is 15.8. The number of fused-ring (bicyclic) bond motifs is 2. The summed E-state index contributed by atoms with van der Waals surface area (Å²) < 4.78 is 9.26. The topological polar surface area (TPSA) is 91.0 Å². The maximum atomic E-state index is 5.88. The number of aliphatic imine (C=N–C) groups is 1. The maximum absolute atomic E-state index is 5.88. The Hall–Kier alpha value is -0.700. The smallest absolute Gasteiger partial charge is 0.181 e. The lowest BCUT2D eigenvalue weighted by atomic mass is 10.2. The zero-order valence-corrected chi connectivity index (χ0v) is 20.1. The van der Waals surface area contributed by atoms with Crippen LogP contribution in [0.2, 0.25) is 10.3 Å². The van der Waals surface area contributed by atoms with Crippen molar-refractivity contribution < 1.29 is 4.74 Å². The van der Waals surface area contributed by atoms with Crippen molar-refractivity contribution in [2.75, 3.05) is 6.61 Å². The number of hydrogen-bond acceptors (Lipinski definition) is 7. The molecule has 1 saturated heterocycles. The van der Waals surface area contributed by atoms with Gasteiger partial charge in [-0.3, -0.25) is 4.99 Å². The third-order valence-corrected chi connectivity index (χ3v) is 6.08. The summed E-state index contributed by atoms with van der Waals surface area (Å²) in [4.78, 5) is 20.9. The molecule has 0 radical (unpaired) electrons. The highest BCUT2D eigenvalue weighted by Crippen LogP contribution is 2.27. The van der Waals surface area contributed by atoms with Crippen LogP contribution in [0.1, 0.15) is 36.9 Å². The average molecular weight is 644 g/mol. The first kappa shape index (κ1) is 20.6. The number of nitrogens with zero attached hydrogens (tertiary/aromatic N) is 7. The second-order valence-corrected chi connectivity index (χ2v) is 8.83. The first-order valence-corrected chi connectivity index (χ1v) is 11.3. The van der Waals surface area contributed by atoms with Gasteiger partial charge in [0.05, 0.1) is 24.6 Å². The van der Waals surface area contributed by atoms with Crippen molar-refractivity contribution in [1.82, 2.24) is 29.7 Å². The van der Waals surface area contributed by atoms with E-state index in [-0.39, 0.29) is 6.23 Å². The molecule has 146 valence electrons. The molecule has 0 spiro atoms. The Kier molecular flexibility index (Phi) is 6.60. The van der Waals surface area contributed by atoms with Crippen molar-refractivity contribution in [2.24, 2.45) is 4.99 Å². The Bertz CT molecular complexity index is 1050. The fraction of sp³-hybridized carbons (Fsp3) is 0.375. The van der Waals surface area contributed by atoms with E-state index in [2.05, 4.69) is 75.2 Å². The summed E-state index contributed by atoms with van der Waals surface area (Å²) in [5.41, 5.74) is 3.23. The summed E-state index contributed by atoms with van der Waals surface area (Å²) in [6, 6.07) is 0. The van der Waals surface area contributed by atoms with E-state index >= 15 is 0 Å². The molecule has 8 nitrogen and oxygen atoms in total. The van der Waals surface area contributed by atoms with Crippen molar-refractivity contribution in [3.05, 3.63) is 37.8 Å². The first-order valence-electron chi connectivity index (χ1n) is 8.42. The summed E-state index contributed by atoms with van der Waals surface area (Å²) in [7, 11) is 0. The Morgan fingerprint density at radius 3 is 2.64 bits per heavy atom. The van der Waals surface area contributed by atoms with Crippen LogP contribution in [0, 0.1) is 3.70 Å². The lowest BCUT2D eigenvalue weighted by Crippen LogP contribution is -2.19. The number of halogens is 4. The monoisotopic (exact) mass is 643 g/mol. The van der Waals surface area contributed by atoms with Crippen molar-refractivity contribution in [2.45, 2.75) is 32.0 Å². The Balaban J connectivity index is 0.000000151. The van der Waals surface area contributed by atoms with Gasteiger partial charge in [0.15, 0.2) is 15.6 Å². The van der Waals surface area contributed by atoms with Crippen LogP contribution >= 0.6 is 68.4 Å². The minimum Gasteiger partial charge on any atom is -0.356 e. The van der Waals surface area contributed by atoms with E-state index in [0.717, 1.165) is 50.2 Å². The van der Waals surface area contributed by atoms with Gasteiger partial charge in [0.25, 0.3) is 0 Å². The van der Waals surface area contributed by atoms with Gasteiger partial charge < -0.3 is 4.74 Å². The number of aromatic nitrogens is 6. The molecule has 28 heavy (non-hydrogen) atoms. The van der Waals surface area contributed by atoms with Gasteiger partial charge in [-0.15, -0.1) is 0 Å². The molecule has 3 aromatic heterocycles. The standard InChI is InChI=1S/C10H10ClIN4O.C6H3ClIN3/c11-6-5-13-8-9(12)15-16(10(8)14-6)7-3-1-2-4-17-7;7-4-2-9-5-3(11-4)1-10-6(5)8/h5,7H,1-4H2;2H,1H2. The van der Waals surface area contributed by atoms with Gasteiger partial charge in [-0.2, -0.15) is 5.10 Å². The van der Waals surface area contributed by atoms with Crippen LogP contribution in [0.4, 0.5) is 0 Å². The highest BCUT2D eigenvalue weighted by atomic mass is 127. The summed E-state index contributed by atoms with van der Waals surface area (Å²) in [5, 5.41) is 5.26. The quantitative estimate of drug-likeness (QED) is 0.360. The Labute approximate surface area is 197 Å². The van der Waals surface area contributed by atoms with Crippen LogP contribution in [-0.4, -0.2) is 40.0 Å². The van der Waals surface area contributed by atoms with Crippen LogP contribution in [0.15, 0.2) is 17.4 Å². The normalized spacial score (nSPS) is 18.4. The lowest BCUT2D eigenvalue weighted by Gasteiger charge is -2.22. The highest BCUT2D eigenvalue weighted by molar-refractivity contribution is 14.1. The number of ether oxygens (including phenoxy) is 1. The molecule has 3 aromatic rings. The maximum Gasteiger partial charge on any atom is 0.181 e. The number of rotatable bonds is 1. The molecule has 1 unspecified atom stereocenters. The predicted octanol–water partition coefficient (Wildman–Crippen LogP) is 4.61. The van der Waals surface area contributed by atoms with Crippen molar-refractivity contribution >= 4 is 83.3 Å². The fourth-order valence-electron chi connectivity index (χ4n) is 2.88. The lowest BCUT2D eigenvalue weighted by molar-refractivity contribution is -0.0372. The van der Waals surface area contributed by atoms with E-state index < -0.39 is 0 Å². The molecule has 0 saturated carbocycles. The van der Waals surface area contributed by atoms with Crippen LogP contribution < -0.4 is 0 Å². The van der Waals surface area contributed by atoms with E-state index in [1.165, 1.54) is 0 Å². The summed E-state index contributed by atoms with van der Waals surface area (Å²) in [6.45, 7) is 1.39. The predicted molar refractivity (Wildman–Crippen MR) is 123 cm³/mol. The molecule has 1 atom stereocenters. The van der Waals surface area contributed by atoms with E-state index in [4.69, 9.17) is 27.9 Å². The fourth-order valence-corrected chi connectivity index (χ4v) is 4.39. The molecule has 1 fully saturated rings. The van der Waals surface area contributed by atoms with Crippen LogP contribution in [0.5, 0.6) is 0 Å². The van der Waals surface area contributed by atoms with Crippen molar-refractivity contribution in [3.63, 3.8) is 0 Å². The molecule has 0 bridgehead atoms. The Morgan fingerprint density at radius 1 is 1.07 bits per heavy atom. The summed E-state index contributed by atoms with van der Waals surface area (Å²) in [6.07, 6.45) is 6.26. The second kappa shape index (κ2) is 8.98. The third-order valence-electron chi connectivity index (χ3n) is 4.14. The molecular weight excluding hydrogens is 631 g/mol. The average Bonchev–Trinajstić information content (AvgIpc) is 3.22. The molecule has 0 aromatic carbocycles. The molecule has 5 heterocycles. The molecule has 2 aliphatic rings. The highest BCUT2D eigenvalue weighted by Gasteiger charge is 2.22. The first-order chi connectivity index (χ1) is 13.5. The number of hydrogen-bond donors (Lipinski definition) is 0. The second-order valence-electron chi connectivity index (χ2n) is 6.02. The third kappa shape index (κ3) is 4.40. The van der Waals surface area contributed by atoms with Crippen LogP contribution in [0.3, 0.4) is 0 Å². The van der Waals surface area contributed by atoms with Crippen molar-refractivity contribution in [3.8, 4) is 0 Å². The molecule has 0 N–H and O–H groups in total. The molecule has 0 amide bonds. The zero-order valence-electron chi connectivity index (χ0n) is 14.3. The van der Waals surface area contributed by atoms with Gasteiger partial charge >= 0.3 is 0 Å². The Morgan fingerprint density at radius 2 is 1.86 bits per heavy atom. The minimum absolute atomic E-state index is 0.0393. The molecular formula is C16H13Cl2I2N7O. The van der Waals surface area contributed by atoms with Gasteiger partial charge in [0.2, 0.25) is 0 Å². The SMILES string of the molecule is Clc1cnc2c(I)nn(C3CCCCO3)c2n1.Clc1cnc2c(n1)CN=C2I. The van der Waals surface area contributed by atoms with E-state index in [1.807, 2.05) is 0 Å². The van der Waals surface area contributed by atoms with E-state index in [1.54, 1.807) is 17.1 Å². The summed E-state index contributed by atoms with van der Waals surface area (Å²) in [5.74, 6) is 0. The molecule has 2 aliphatic heterocycles. The minimum atomic E-state index is -0.0393. The largest absolute Gasteiger partial charge is 0.356 e. The van der Waals surface area contributed by atoms with Crippen molar-refractivity contribution in [1.29, 1.82) is 0 Å². The van der Waals surface area contributed by atoms with Gasteiger partial charge in [-0.25, -0.2) is 24.6 Å². The van der Waals surface area contributed by atoms with Gasteiger partial charge in [0.1, 0.15) is 25.2 Å². The van der Waals surface area contributed by atoms with Gasteiger partial charge in [-0.1, -0.05) is 23.2 Å². The molecule has 12 heteroatoms. The van der Waals surface area contributed by atoms with Gasteiger partial charge in [-0.05, 0) is 64.4 Å². The van der Waals surface area contributed by atoms with Crippen LogP contribution in [-0.2, 0) is 11.3 Å². The van der Waals surface area contributed by atoms with E-state index in [0.29, 0.717) is 22.5 Å². The molecule has 0 aliphatic carbocycles. The van der Waals surface area contributed by atoms with Crippen LogP contribution in [0.25, 0.3) is 11.2 Å². The molecule has 5 rings (SSSR count). The van der Waals surface area contributed by atoms with Gasteiger partial charge in [0, 0.05) is 6.61 Å². The van der Waals surface area contributed by atoms with E-state index in [9.17, 15) is 0 Å².